The first-order valence-electron chi connectivity index (χ1n) is 7.95. The lowest BCUT2D eigenvalue weighted by Gasteiger charge is -2.33. The van der Waals surface area contributed by atoms with Gasteiger partial charge < -0.3 is 15.0 Å². The van der Waals surface area contributed by atoms with Crippen LogP contribution in [0.25, 0.3) is 10.2 Å². The average Bonchev–Trinajstić information content (AvgIpc) is 2.88. The van der Waals surface area contributed by atoms with Gasteiger partial charge in [-0.15, -0.1) is 11.3 Å². The van der Waals surface area contributed by atoms with Gasteiger partial charge in [0.25, 0.3) is 0 Å². The van der Waals surface area contributed by atoms with Crippen molar-refractivity contribution in [1.29, 1.82) is 0 Å². The number of rotatable bonds is 2. The highest BCUT2D eigenvalue weighted by molar-refractivity contribution is 7.18. The minimum absolute atomic E-state index is 0.125. The van der Waals surface area contributed by atoms with Crippen LogP contribution >= 0.6 is 22.9 Å². The number of piperidine rings is 1. The number of anilines is 1. The van der Waals surface area contributed by atoms with Crippen molar-refractivity contribution in [3.63, 3.8) is 0 Å². The minimum Gasteiger partial charge on any atom is -0.444 e. The van der Waals surface area contributed by atoms with Gasteiger partial charge in [0.1, 0.15) is 23.3 Å². The molecule has 1 amide bonds. The first-order chi connectivity index (χ1) is 11.3. The molecule has 0 spiro atoms. The van der Waals surface area contributed by atoms with Crippen LogP contribution in [0, 0.1) is 0 Å². The smallest absolute Gasteiger partial charge is 0.407 e. The van der Waals surface area contributed by atoms with E-state index in [4.69, 9.17) is 16.3 Å². The van der Waals surface area contributed by atoms with E-state index in [9.17, 15) is 4.79 Å². The fourth-order valence-corrected chi connectivity index (χ4v) is 3.97. The number of hydrogen-bond acceptors (Lipinski definition) is 6. The number of amides is 1. The maximum absolute atomic E-state index is 11.9. The van der Waals surface area contributed by atoms with Crippen LogP contribution in [0.4, 0.5) is 10.6 Å². The van der Waals surface area contributed by atoms with E-state index in [1.807, 2.05) is 26.2 Å². The molecule has 0 aromatic carbocycles. The van der Waals surface area contributed by atoms with Gasteiger partial charge in [-0.3, -0.25) is 0 Å². The fourth-order valence-electron chi connectivity index (χ4n) is 2.74. The van der Waals surface area contributed by atoms with E-state index in [1.165, 1.54) is 0 Å². The van der Waals surface area contributed by atoms with Gasteiger partial charge >= 0.3 is 6.09 Å². The average molecular weight is 369 g/mol. The second-order valence-electron chi connectivity index (χ2n) is 6.87. The number of carbonyl (C=O) groups excluding carboxylic acids is 1. The molecule has 0 unspecified atom stereocenters. The summed E-state index contributed by atoms with van der Waals surface area (Å²) in [6.45, 7) is 7.23. The summed E-state index contributed by atoms with van der Waals surface area (Å²) in [7, 11) is 0. The van der Waals surface area contributed by atoms with Crippen molar-refractivity contribution in [2.24, 2.45) is 0 Å². The molecule has 0 saturated carbocycles. The monoisotopic (exact) mass is 368 g/mol. The number of nitrogens with zero attached hydrogens (tertiary/aromatic N) is 3. The highest BCUT2D eigenvalue weighted by Gasteiger charge is 2.25. The van der Waals surface area contributed by atoms with E-state index in [1.54, 1.807) is 17.7 Å². The number of aromatic nitrogens is 2. The van der Waals surface area contributed by atoms with Crippen LogP contribution in [0.15, 0.2) is 11.7 Å². The summed E-state index contributed by atoms with van der Waals surface area (Å²) < 4.78 is 6.33. The summed E-state index contributed by atoms with van der Waals surface area (Å²) >= 11 is 7.72. The van der Waals surface area contributed by atoms with Crippen LogP contribution in [0.1, 0.15) is 33.6 Å². The van der Waals surface area contributed by atoms with Gasteiger partial charge in [0.15, 0.2) is 0 Å². The molecule has 0 radical (unpaired) electrons. The molecule has 24 heavy (non-hydrogen) atoms. The van der Waals surface area contributed by atoms with Gasteiger partial charge in [0, 0.05) is 24.5 Å². The van der Waals surface area contributed by atoms with Crippen LogP contribution in [-0.4, -0.2) is 40.8 Å². The molecular weight excluding hydrogens is 348 g/mol. The van der Waals surface area contributed by atoms with Crippen molar-refractivity contribution in [2.45, 2.75) is 45.3 Å². The molecule has 2 aromatic heterocycles. The molecular formula is C16H21ClN4O2S. The molecule has 2 aromatic rings. The van der Waals surface area contributed by atoms with E-state index in [0.29, 0.717) is 5.02 Å². The van der Waals surface area contributed by atoms with Crippen molar-refractivity contribution >= 4 is 45.1 Å². The SMILES string of the molecule is CC(C)(C)OC(=O)NC1CCN(c2ncnc3c(Cl)csc23)CC1. The first kappa shape index (κ1) is 17.2. The quantitative estimate of drug-likeness (QED) is 0.872. The number of fused-ring (bicyclic) bond motifs is 1. The Labute approximate surface area is 150 Å². The zero-order valence-electron chi connectivity index (χ0n) is 14.0. The number of carbonyl (C=O) groups is 1. The van der Waals surface area contributed by atoms with Gasteiger partial charge in [-0.05, 0) is 33.6 Å². The molecule has 0 aliphatic carbocycles. The second-order valence-corrected chi connectivity index (χ2v) is 8.15. The predicted octanol–water partition coefficient (Wildman–Crippen LogP) is 3.84. The normalized spacial score (nSPS) is 16.4. The largest absolute Gasteiger partial charge is 0.444 e. The molecule has 8 heteroatoms. The van der Waals surface area contributed by atoms with Gasteiger partial charge in [-0.2, -0.15) is 0 Å². The maximum Gasteiger partial charge on any atom is 0.407 e. The molecule has 6 nitrogen and oxygen atoms in total. The van der Waals surface area contributed by atoms with Crippen LogP contribution in [0.2, 0.25) is 5.02 Å². The third-order valence-corrected chi connectivity index (χ3v) is 5.19. The molecule has 3 heterocycles. The van der Waals surface area contributed by atoms with E-state index in [-0.39, 0.29) is 12.1 Å². The molecule has 1 aliphatic rings. The topological polar surface area (TPSA) is 67.3 Å². The number of halogens is 1. The van der Waals surface area contributed by atoms with Crippen LogP contribution in [0.3, 0.4) is 0 Å². The second kappa shape index (κ2) is 6.72. The number of nitrogens with one attached hydrogen (secondary N) is 1. The zero-order chi connectivity index (χ0) is 17.3. The van der Waals surface area contributed by atoms with E-state index in [0.717, 1.165) is 42.0 Å². The summed E-state index contributed by atoms with van der Waals surface area (Å²) in [6, 6.07) is 0.125. The Kier molecular flexibility index (Phi) is 4.83. The Morgan fingerprint density at radius 1 is 1.38 bits per heavy atom. The Morgan fingerprint density at radius 2 is 2.08 bits per heavy atom. The summed E-state index contributed by atoms with van der Waals surface area (Å²) in [5, 5.41) is 5.51. The molecule has 1 aliphatic heterocycles. The molecule has 130 valence electrons. The number of ether oxygens (including phenoxy) is 1. The molecule has 3 rings (SSSR count). The Balaban J connectivity index is 1.62. The molecule has 1 saturated heterocycles. The molecule has 0 bridgehead atoms. The first-order valence-corrected chi connectivity index (χ1v) is 9.21. The predicted molar refractivity (Wildman–Crippen MR) is 97.0 cm³/mol. The summed E-state index contributed by atoms with van der Waals surface area (Å²) in [4.78, 5) is 22.8. The van der Waals surface area contributed by atoms with Crippen molar-refractivity contribution in [3.05, 3.63) is 16.7 Å². The zero-order valence-corrected chi connectivity index (χ0v) is 15.6. The summed E-state index contributed by atoms with van der Waals surface area (Å²) in [5.41, 5.74) is 0.330. The lowest BCUT2D eigenvalue weighted by molar-refractivity contribution is 0.0497. The van der Waals surface area contributed by atoms with Crippen molar-refractivity contribution in [3.8, 4) is 0 Å². The summed E-state index contributed by atoms with van der Waals surface area (Å²) in [5.74, 6) is 0.924. The molecule has 0 atom stereocenters. The van der Waals surface area contributed by atoms with Crippen molar-refractivity contribution in [2.75, 3.05) is 18.0 Å². The van der Waals surface area contributed by atoms with Crippen LogP contribution < -0.4 is 10.2 Å². The third-order valence-electron chi connectivity index (χ3n) is 3.81. The van der Waals surface area contributed by atoms with Crippen LogP contribution in [-0.2, 0) is 4.74 Å². The fraction of sp³-hybridized carbons (Fsp3) is 0.562. The maximum atomic E-state index is 11.9. The van der Waals surface area contributed by atoms with Gasteiger partial charge in [0.2, 0.25) is 0 Å². The summed E-state index contributed by atoms with van der Waals surface area (Å²) in [6.07, 6.45) is 2.91. The Bertz CT molecular complexity index is 735. The van der Waals surface area contributed by atoms with E-state index >= 15 is 0 Å². The van der Waals surface area contributed by atoms with Crippen LogP contribution in [0.5, 0.6) is 0 Å². The highest BCUT2D eigenvalue weighted by Crippen LogP contribution is 2.34. The number of hydrogen-bond donors (Lipinski definition) is 1. The number of thiophene rings is 1. The van der Waals surface area contributed by atoms with E-state index in [2.05, 4.69) is 20.2 Å². The standard InChI is InChI=1S/C16H21ClN4O2S/c1-16(2,3)23-15(22)20-10-4-6-21(7-5-10)14-13-12(18-9-19-14)11(17)8-24-13/h8-10H,4-7H2,1-3H3,(H,20,22). The minimum atomic E-state index is -0.476. The lowest BCUT2D eigenvalue weighted by atomic mass is 10.1. The molecule has 1 fully saturated rings. The van der Waals surface area contributed by atoms with Gasteiger partial charge in [0.05, 0.1) is 9.72 Å². The van der Waals surface area contributed by atoms with Crippen molar-refractivity contribution in [1.82, 2.24) is 15.3 Å². The van der Waals surface area contributed by atoms with E-state index < -0.39 is 5.60 Å². The Hall–Kier alpha value is -1.60. The Morgan fingerprint density at radius 3 is 2.75 bits per heavy atom. The van der Waals surface area contributed by atoms with Gasteiger partial charge in [-0.25, -0.2) is 14.8 Å². The number of alkyl carbamates (subject to hydrolysis) is 1. The lowest BCUT2D eigenvalue weighted by Crippen LogP contribution is -2.46. The molecule has 1 N–H and O–H groups in total. The van der Waals surface area contributed by atoms with Crippen molar-refractivity contribution < 1.29 is 9.53 Å². The van der Waals surface area contributed by atoms with Gasteiger partial charge in [-0.1, -0.05) is 11.6 Å². The highest BCUT2D eigenvalue weighted by atomic mass is 35.5. The third kappa shape index (κ3) is 3.89.